The Kier molecular flexibility index (Phi) is 5.42. The largest absolute Gasteiger partial charge is 0.455 e. The maximum Gasteiger partial charge on any atom is 0.143 e. The minimum Gasteiger partial charge on any atom is -0.455 e. The van der Waals surface area contributed by atoms with E-state index < -0.39 is 0 Å². The van der Waals surface area contributed by atoms with Crippen LogP contribution in [0.2, 0.25) is 0 Å². The molecule has 0 aliphatic carbocycles. The van der Waals surface area contributed by atoms with Crippen LogP contribution in [0.15, 0.2) is 148 Å². The van der Waals surface area contributed by atoms with Crippen molar-refractivity contribution in [2.45, 2.75) is 0 Å². The summed E-state index contributed by atoms with van der Waals surface area (Å²) in [7, 11) is 0. The molecular formula is C43H23NO2S2. The van der Waals surface area contributed by atoms with E-state index in [1.165, 1.54) is 20.2 Å². The SMILES string of the molecule is c1ccc2c(c1)oc1c(-c3ccc(-c4cccc5c4oc4ccccc45)c4sc(-c5cccc6c5sc5ccccc56)nc34)cccc12. The van der Waals surface area contributed by atoms with E-state index in [2.05, 4.69) is 115 Å². The number of furan rings is 2. The fourth-order valence-electron chi connectivity index (χ4n) is 7.39. The van der Waals surface area contributed by atoms with Gasteiger partial charge in [-0.3, -0.25) is 0 Å². The van der Waals surface area contributed by atoms with Crippen LogP contribution in [0.1, 0.15) is 0 Å². The molecule has 11 aromatic rings. The number of fused-ring (bicyclic) bond motifs is 10. The highest BCUT2D eigenvalue weighted by Crippen LogP contribution is 2.48. The van der Waals surface area contributed by atoms with Crippen molar-refractivity contribution in [3.63, 3.8) is 0 Å². The lowest BCUT2D eigenvalue weighted by molar-refractivity contribution is 0.669. The zero-order chi connectivity index (χ0) is 31.3. The molecule has 224 valence electrons. The molecule has 11 rings (SSSR count). The molecule has 0 spiro atoms. The summed E-state index contributed by atoms with van der Waals surface area (Å²) in [4.78, 5) is 5.50. The summed E-state index contributed by atoms with van der Waals surface area (Å²) in [5.74, 6) is 0. The van der Waals surface area contributed by atoms with Crippen LogP contribution in [0.4, 0.5) is 0 Å². The molecule has 0 atom stereocenters. The highest BCUT2D eigenvalue weighted by atomic mass is 32.1. The van der Waals surface area contributed by atoms with Gasteiger partial charge in [0.05, 0.1) is 10.2 Å². The van der Waals surface area contributed by atoms with E-state index >= 15 is 0 Å². The monoisotopic (exact) mass is 649 g/mol. The molecule has 0 amide bonds. The predicted molar refractivity (Wildman–Crippen MR) is 203 cm³/mol. The van der Waals surface area contributed by atoms with Gasteiger partial charge in [-0.25, -0.2) is 4.98 Å². The minimum absolute atomic E-state index is 0.883. The van der Waals surface area contributed by atoms with Crippen molar-refractivity contribution in [2.75, 3.05) is 0 Å². The number of rotatable bonds is 3. The molecular weight excluding hydrogens is 627 g/mol. The molecule has 0 saturated heterocycles. The summed E-state index contributed by atoms with van der Waals surface area (Å²) in [6.07, 6.45) is 0. The molecule has 0 aliphatic rings. The van der Waals surface area contributed by atoms with Gasteiger partial charge >= 0.3 is 0 Å². The molecule has 0 N–H and O–H groups in total. The van der Waals surface area contributed by atoms with Gasteiger partial charge in [0.25, 0.3) is 0 Å². The predicted octanol–water partition coefficient (Wildman–Crippen LogP) is 13.5. The quantitative estimate of drug-likeness (QED) is 0.191. The van der Waals surface area contributed by atoms with Gasteiger partial charge in [-0.1, -0.05) is 121 Å². The van der Waals surface area contributed by atoms with Gasteiger partial charge in [0.15, 0.2) is 0 Å². The molecule has 0 radical (unpaired) electrons. The number of thiophene rings is 1. The van der Waals surface area contributed by atoms with Gasteiger partial charge in [-0.05, 0) is 18.2 Å². The molecule has 0 unspecified atom stereocenters. The Bertz CT molecular complexity index is 2930. The highest BCUT2D eigenvalue weighted by molar-refractivity contribution is 7.27. The smallest absolute Gasteiger partial charge is 0.143 e. The van der Waals surface area contributed by atoms with Gasteiger partial charge < -0.3 is 8.83 Å². The molecule has 3 nitrogen and oxygen atoms in total. The molecule has 48 heavy (non-hydrogen) atoms. The Morgan fingerprint density at radius 3 is 1.62 bits per heavy atom. The van der Waals surface area contributed by atoms with Crippen molar-refractivity contribution in [1.29, 1.82) is 0 Å². The zero-order valence-electron chi connectivity index (χ0n) is 25.4. The summed E-state index contributed by atoms with van der Waals surface area (Å²) < 4.78 is 16.8. The Labute approximate surface area is 281 Å². The highest BCUT2D eigenvalue weighted by Gasteiger charge is 2.22. The molecule has 0 bridgehead atoms. The van der Waals surface area contributed by atoms with Crippen molar-refractivity contribution >= 4 is 96.9 Å². The third kappa shape index (κ3) is 3.66. The maximum absolute atomic E-state index is 6.55. The number of para-hydroxylation sites is 4. The first-order chi connectivity index (χ1) is 23.8. The first-order valence-electron chi connectivity index (χ1n) is 16.0. The van der Waals surface area contributed by atoms with Gasteiger partial charge in [-0.2, -0.15) is 0 Å². The van der Waals surface area contributed by atoms with Crippen LogP contribution in [0.5, 0.6) is 0 Å². The fourth-order valence-corrected chi connectivity index (χ4v) is 9.82. The van der Waals surface area contributed by atoms with Crippen LogP contribution in [-0.4, -0.2) is 4.98 Å². The number of hydrogen-bond donors (Lipinski definition) is 0. The van der Waals surface area contributed by atoms with Gasteiger partial charge in [0.1, 0.15) is 27.3 Å². The van der Waals surface area contributed by atoms with Crippen LogP contribution >= 0.6 is 22.7 Å². The lowest BCUT2D eigenvalue weighted by atomic mass is 9.96. The second kappa shape index (κ2) is 9.88. The second-order valence-electron chi connectivity index (χ2n) is 12.2. The summed E-state index contributed by atoms with van der Waals surface area (Å²) >= 11 is 3.59. The Morgan fingerprint density at radius 2 is 0.917 bits per heavy atom. The Morgan fingerprint density at radius 1 is 0.375 bits per heavy atom. The van der Waals surface area contributed by atoms with Crippen LogP contribution in [-0.2, 0) is 0 Å². The van der Waals surface area contributed by atoms with E-state index in [1.807, 2.05) is 35.6 Å². The van der Waals surface area contributed by atoms with Crippen LogP contribution < -0.4 is 0 Å². The van der Waals surface area contributed by atoms with E-state index in [9.17, 15) is 0 Å². The second-order valence-corrected chi connectivity index (χ2v) is 14.3. The van der Waals surface area contributed by atoms with Crippen LogP contribution in [0.25, 0.3) is 107 Å². The summed E-state index contributed by atoms with van der Waals surface area (Å²) in [5.41, 5.74) is 9.97. The van der Waals surface area contributed by atoms with E-state index in [4.69, 9.17) is 13.8 Å². The van der Waals surface area contributed by atoms with Crippen LogP contribution in [0, 0.1) is 0 Å². The lowest BCUT2D eigenvalue weighted by Crippen LogP contribution is -1.86. The van der Waals surface area contributed by atoms with E-state index in [1.54, 1.807) is 11.3 Å². The van der Waals surface area contributed by atoms with E-state index in [-0.39, 0.29) is 0 Å². The van der Waals surface area contributed by atoms with Gasteiger partial charge in [-0.15, -0.1) is 22.7 Å². The fraction of sp³-hybridized carbons (Fsp3) is 0. The molecule has 0 aliphatic heterocycles. The first-order valence-corrected chi connectivity index (χ1v) is 17.6. The molecule has 0 saturated carbocycles. The first kappa shape index (κ1) is 26.3. The van der Waals surface area contributed by atoms with Crippen molar-refractivity contribution in [1.82, 2.24) is 4.98 Å². The number of hydrogen-bond acceptors (Lipinski definition) is 5. The van der Waals surface area contributed by atoms with Crippen molar-refractivity contribution in [2.24, 2.45) is 0 Å². The number of thiazole rings is 1. The third-order valence-electron chi connectivity index (χ3n) is 9.57. The number of benzene rings is 7. The Balaban J connectivity index is 1.23. The van der Waals surface area contributed by atoms with E-state index in [0.29, 0.717) is 0 Å². The summed E-state index contributed by atoms with van der Waals surface area (Å²) in [6.45, 7) is 0. The van der Waals surface area contributed by atoms with E-state index in [0.717, 1.165) is 86.9 Å². The average molecular weight is 650 g/mol. The molecule has 4 aromatic heterocycles. The molecule has 0 fully saturated rings. The minimum atomic E-state index is 0.883. The maximum atomic E-state index is 6.55. The van der Waals surface area contributed by atoms with Crippen LogP contribution in [0.3, 0.4) is 0 Å². The molecule has 7 aromatic carbocycles. The van der Waals surface area contributed by atoms with Crippen molar-refractivity contribution in [3.8, 4) is 32.8 Å². The molecule has 4 heterocycles. The zero-order valence-corrected chi connectivity index (χ0v) is 27.0. The topological polar surface area (TPSA) is 39.2 Å². The number of nitrogens with zero attached hydrogens (tertiary/aromatic N) is 1. The van der Waals surface area contributed by atoms with Gasteiger partial charge in [0, 0.05) is 69.5 Å². The van der Waals surface area contributed by atoms with Gasteiger partial charge in [0.2, 0.25) is 0 Å². The Hall–Kier alpha value is -5.75. The third-order valence-corrected chi connectivity index (χ3v) is 11.9. The normalized spacial score (nSPS) is 12.2. The van der Waals surface area contributed by atoms with Crippen molar-refractivity contribution in [3.05, 3.63) is 140 Å². The number of aromatic nitrogens is 1. The lowest BCUT2D eigenvalue weighted by Gasteiger charge is -2.09. The van der Waals surface area contributed by atoms with Crippen molar-refractivity contribution < 1.29 is 8.83 Å². The average Bonchev–Trinajstić information content (AvgIpc) is 3.92. The summed E-state index contributed by atoms with van der Waals surface area (Å²) in [5, 5.41) is 8.03. The summed E-state index contributed by atoms with van der Waals surface area (Å²) in [6, 6.07) is 49.1. The standard InChI is InChI=1S/C43H23NO2S2/c1-4-19-35-24(10-1)28-13-7-15-30(39(28)45-35)27-22-23-33(31-16-8-14-29-25-11-2-5-20-36(25)46-40(29)31)42-38(27)44-43(48-42)34-18-9-17-32-26-12-3-6-21-37(26)47-41(32)34/h1-23H. The molecule has 5 heteroatoms.